The lowest BCUT2D eigenvalue weighted by Crippen LogP contribution is -2.35. The molecule has 0 saturated carbocycles. The molecule has 18 heavy (non-hydrogen) atoms. The largest absolute Gasteiger partial charge is 0.338 e. The third-order valence-corrected chi connectivity index (χ3v) is 2.47. The summed E-state index contributed by atoms with van der Waals surface area (Å²) in [5.74, 6) is 0. The van der Waals surface area contributed by atoms with E-state index in [2.05, 4.69) is 10.6 Å². The summed E-state index contributed by atoms with van der Waals surface area (Å²) in [4.78, 5) is 25.4. The van der Waals surface area contributed by atoms with Crippen molar-refractivity contribution in [3.63, 3.8) is 0 Å². The van der Waals surface area contributed by atoms with Gasteiger partial charge in [-0.1, -0.05) is 12.8 Å². The van der Waals surface area contributed by atoms with Crippen molar-refractivity contribution in [1.29, 1.82) is 0 Å². The molecular formula is C12H26N4O2. The van der Waals surface area contributed by atoms with Gasteiger partial charge in [0.05, 0.1) is 0 Å². The van der Waals surface area contributed by atoms with E-state index in [1.165, 1.54) is 9.80 Å². The van der Waals surface area contributed by atoms with Crippen molar-refractivity contribution < 1.29 is 9.59 Å². The SMILES string of the molecule is CN(C)C(=O)NCCCCCCNC(=O)N(C)C. The number of amides is 4. The Morgan fingerprint density at radius 1 is 0.722 bits per heavy atom. The van der Waals surface area contributed by atoms with Crippen molar-refractivity contribution in [1.82, 2.24) is 20.4 Å². The van der Waals surface area contributed by atoms with E-state index in [0.717, 1.165) is 25.7 Å². The van der Waals surface area contributed by atoms with Crippen LogP contribution < -0.4 is 10.6 Å². The van der Waals surface area contributed by atoms with Crippen LogP contribution in [0.15, 0.2) is 0 Å². The van der Waals surface area contributed by atoms with E-state index in [9.17, 15) is 9.59 Å². The lowest BCUT2D eigenvalue weighted by atomic mass is 10.2. The summed E-state index contributed by atoms with van der Waals surface area (Å²) >= 11 is 0. The average molecular weight is 258 g/mol. The molecule has 0 unspecified atom stereocenters. The Labute approximate surface area is 110 Å². The first-order valence-electron chi connectivity index (χ1n) is 6.35. The number of hydrogen-bond acceptors (Lipinski definition) is 2. The minimum absolute atomic E-state index is 0.0479. The van der Waals surface area contributed by atoms with Gasteiger partial charge < -0.3 is 20.4 Å². The Balaban J connectivity index is 3.27. The molecule has 0 bridgehead atoms. The second kappa shape index (κ2) is 9.56. The molecule has 0 aromatic rings. The highest BCUT2D eigenvalue weighted by Gasteiger charge is 2.02. The molecule has 0 aliphatic rings. The van der Waals surface area contributed by atoms with Gasteiger partial charge in [-0.2, -0.15) is 0 Å². The lowest BCUT2D eigenvalue weighted by Gasteiger charge is -2.12. The average Bonchev–Trinajstić information content (AvgIpc) is 2.31. The van der Waals surface area contributed by atoms with Crippen LogP contribution in [0, 0.1) is 0 Å². The second-order valence-corrected chi connectivity index (χ2v) is 4.67. The second-order valence-electron chi connectivity index (χ2n) is 4.67. The molecule has 4 amide bonds. The Hall–Kier alpha value is -1.46. The Bertz CT molecular complexity index is 228. The number of rotatable bonds is 7. The summed E-state index contributed by atoms with van der Waals surface area (Å²) in [6, 6.07) is -0.0958. The minimum Gasteiger partial charge on any atom is -0.338 e. The van der Waals surface area contributed by atoms with Crippen molar-refractivity contribution in [3.05, 3.63) is 0 Å². The van der Waals surface area contributed by atoms with E-state index < -0.39 is 0 Å². The van der Waals surface area contributed by atoms with Crippen molar-refractivity contribution in [2.75, 3.05) is 41.3 Å². The topological polar surface area (TPSA) is 64.7 Å². The van der Waals surface area contributed by atoms with E-state index in [-0.39, 0.29) is 12.1 Å². The molecule has 0 aliphatic heterocycles. The first kappa shape index (κ1) is 16.5. The molecule has 0 aliphatic carbocycles. The molecule has 0 heterocycles. The monoisotopic (exact) mass is 258 g/mol. The van der Waals surface area contributed by atoms with Crippen molar-refractivity contribution >= 4 is 12.1 Å². The first-order chi connectivity index (χ1) is 8.45. The summed E-state index contributed by atoms with van der Waals surface area (Å²) in [5, 5.41) is 5.63. The van der Waals surface area contributed by atoms with Gasteiger partial charge in [-0.3, -0.25) is 0 Å². The van der Waals surface area contributed by atoms with Crippen LogP contribution in [-0.2, 0) is 0 Å². The van der Waals surface area contributed by atoms with Crippen molar-refractivity contribution in [3.8, 4) is 0 Å². The fraction of sp³-hybridized carbons (Fsp3) is 0.833. The number of unbranched alkanes of at least 4 members (excludes halogenated alkanes) is 3. The number of carbonyl (C=O) groups excluding carboxylic acids is 2. The molecule has 106 valence electrons. The fourth-order valence-corrected chi connectivity index (χ4v) is 1.31. The zero-order valence-corrected chi connectivity index (χ0v) is 12.0. The third kappa shape index (κ3) is 8.66. The zero-order chi connectivity index (χ0) is 14.0. The zero-order valence-electron chi connectivity index (χ0n) is 12.0. The van der Waals surface area contributed by atoms with Gasteiger partial charge in [0.15, 0.2) is 0 Å². The number of nitrogens with one attached hydrogen (secondary N) is 2. The van der Waals surface area contributed by atoms with Gasteiger partial charge in [-0.15, -0.1) is 0 Å². The highest BCUT2D eigenvalue weighted by Crippen LogP contribution is 1.98. The standard InChI is InChI=1S/C12H26N4O2/c1-15(2)11(17)13-9-7-5-6-8-10-14-12(18)16(3)4/h5-10H2,1-4H3,(H,13,17)(H,14,18). The smallest absolute Gasteiger partial charge is 0.316 e. The third-order valence-electron chi connectivity index (χ3n) is 2.47. The minimum atomic E-state index is -0.0479. The lowest BCUT2D eigenvalue weighted by molar-refractivity contribution is 0.216. The van der Waals surface area contributed by atoms with Crippen LogP contribution in [0.2, 0.25) is 0 Å². The molecule has 0 radical (unpaired) electrons. The van der Waals surface area contributed by atoms with Crippen LogP contribution in [0.25, 0.3) is 0 Å². The summed E-state index contributed by atoms with van der Waals surface area (Å²) in [6.45, 7) is 1.42. The predicted molar refractivity (Wildman–Crippen MR) is 72.6 cm³/mol. The van der Waals surface area contributed by atoms with Gasteiger partial charge in [0.2, 0.25) is 0 Å². The van der Waals surface area contributed by atoms with E-state index in [1.54, 1.807) is 28.2 Å². The molecule has 0 fully saturated rings. The molecule has 0 rings (SSSR count). The fourth-order valence-electron chi connectivity index (χ4n) is 1.31. The Kier molecular flexibility index (Phi) is 8.78. The molecule has 6 heteroatoms. The van der Waals surface area contributed by atoms with Gasteiger partial charge in [-0.25, -0.2) is 9.59 Å². The number of nitrogens with zero attached hydrogens (tertiary/aromatic N) is 2. The molecular weight excluding hydrogens is 232 g/mol. The molecule has 0 aromatic carbocycles. The van der Waals surface area contributed by atoms with E-state index >= 15 is 0 Å². The van der Waals surface area contributed by atoms with E-state index in [1.807, 2.05) is 0 Å². The Morgan fingerprint density at radius 3 is 1.33 bits per heavy atom. The molecule has 0 atom stereocenters. The van der Waals surface area contributed by atoms with Gasteiger partial charge in [-0.05, 0) is 12.8 Å². The van der Waals surface area contributed by atoms with Gasteiger partial charge in [0.25, 0.3) is 0 Å². The molecule has 2 N–H and O–H groups in total. The molecule has 6 nitrogen and oxygen atoms in total. The Morgan fingerprint density at radius 2 is 1.06 bits per heavy atom. The highest BCUT2D eigenvalue weighted by molar-refractivity contribution is 5.73. The van der Waals surface area contributed by atoms with Gasteiger partial charge >= 0.3 is 12.1 Å². The first-order valence-corrected chi connectivity index (χ1v) is 6.35. The predicted octanol–water partition coefficient (Wildman–Crippen LogP) is 1.09. The van der Waals surface area contributed by atoms with Crippen LogP contribution in [0.3, 0.4) is 0 Å². The van der Waals surface area contributed by atoms with Gasteiger partial charge in [0.1, 0.15) is 0 Å². The number of carbonyl (C=O) groups is 2. The number of hydrogen-bond donors (Lipinski definition) is 2. The van der Waals surface area contributed by atoms with E-state index in [0.29, 0.717) is 13.1 Å². The van der Waals surface area contributed by atoms with Crippen LogP contribution in [0.4, 0.5) is 9.59 Å². The van der Waals surface area contributed by atoms with Crippen LogP contribution in [0.1, 0.15) is 25.7 Å². The quantitative estimate of drug-likeness (QED) is 0.671. The molecule has 0 saturated heterocycles. The maximum atomic E-state index is 11.2. The maximum absolute atomic E-state index is 11.2. The summed E-state index contributed by atoms with van der Waals surface area (Å²) < 4.78 is 0. The maximum Gasteiger partial charge on any atom is 0.316 e. The molecule has 0 aromatic heterocycles. The van der Waals surface area contributed by atoms with Crippen LogP contribution >= 0.6 is 0 Å². The molecule has 0 spiro atoms. The van der Waals surface area contributed by atoms with Crippen LogP contribution in [-0.4, -0.2) is 63.1 Å². The van der Waals surface area contributed by atoms with Crippen molar-refractivity contribution in [2.45, 2.75) is 25.7 Å². The summed E-state index contributed by atoms with van der Waals surface area (Å²) in [5.41, 5.74) is 0. The highest BCUT2D eigenvalue weighted by atomic mass is 16.2. The van der Waals surface area contributed by atoms with Crippen LogP contribution in [0.5, 0.6) is 0 Å². The summed E-state index contributed by atoms with van der Waals surface area (Å²) in [6.07, 6.45) is 4.07. The van der Waals surface area contributed by atoms with E-state index in [4.69, 9.17) is 0 Å². The summed E-state index contributed by atoms with van der Waals surface area (Å²) in [7, 11) is 6.90. The number of urea groups is 2. The van der Waals surface area contributed by atoms with Gasteiger partial charge in [0, 0.05) is 41.3 Å². The normalized spacial score (nSPS) is 9.78. The van der Waals surface area contributed by atoms with Crippen molar-refractivity contribution in [2.24, 2.45) is 0 Å².